The van der Waals surface area contributed by atoms with Crippen molar-refractivity contribution in [3.05, 3.63) is 52.3 Å². The van der Waals surface area contributed by atoms with Gasteiger partial charge in [0.05, 0.1) is 24.7 Å². The van der Waals surface area contributed by atoms with Crippen LogP contribution < -0.4 is 14.2 Å². The van der Waals surface area contributed by atoms with E-state index in [1.807, 2.05) is 6.92 Å². The molecular weight excluding hydrogens is 405 g/mol. The first-order chi connectivity index (χ1) is 12.5. The molecule has 2 aromatic rings. The van der Waals surface area contributed by atoms with Gasteiger partial charge in [0, 0.05) is 12.6 Å². The summed E-state index contributed by atoms with van der Waals surface area (Å²) in [5.74, 6) is 0.558. The number of para-hydroxylation sites is 1. The van der Waals surface area contributed by atoms with Crippen LogP contribution in [-0.2, 0) is 0 Å². The van der Waals surface area contributed by atoms with Crippen molar-refractivity contribution < 1.29 is 23.4 Å². The highest BCUT2D eigenvalue weighted by Crippen LogP contribution is 2.36. The normalized spacial score (nSPS) is 10.3. The molecule has 5 nitrogen and oxygen atoms in total. The van der Waals surface area contributed by atoms with Crippen molar-refractivity contribution in [2.75, 3.05) is 33.9 Å². The molecule has 26 heavy (non-hydrogen) atoms. The van der Waals surface area contributed by atoms with Gasteiger partial charge in [0.15, 0.2) is 23.1 Å². The van der Waals surface area contributed by atoms with Gasteiger partial charge in [-0.05, 0) is 47.1 Å². The van der Waals surface area contributed by atoms with Crippen molar-refractivity contribution >= 4 is 21.8 Å². The molecule has 0 aliphatic rings. The number of benzene rings is 2. The van der Waals surface area contributed by atoms with Gasteiger partial charge in [0.2, 0.25) is 0 Å². The zero-order valence-corrected chi connectivity index (χ0v) is 16.5. The fourth-order valence-corrected chi connectivity index (χ4v) is 2.86. The first-order valence-corrected chi connectivity index (χ1v) is 8.90. The summed E-state index contributed by atoms with van der Waals surface area (Å²) in [5.41, 5.74) is 0.450. The number of hydrogen-bond donors (Lipinski definition) is 0. The van der Waals surface area contributed by atoms with Crippen LogP contribution in [0.15, 0.2) is 40.9 Å². The first-order valence-electron chi connectivity index (χ1n) is 8.11. The third-order valence-electron chi connectivity index (χ3n) is 3.63. The quantitative estimate of drug-likeness (QED) is 0.637. The molecule has 0 aliphatic heterocycles. The van der Waals surface area contributed by atoms with E-state index in [-0.39, 0.29) is 18.3 Å². The van der Waals surface area contributed by atoms with E-state index < -0.39 is 5.82 Å². The van der Waals surface area contributed by atoms with Gasteiger partial charge in [-0.25, -0.2) is 4.39 Å². The number of carbonyl (C=O) groups is 1. The van der Waals surface area contributed by atoms with Crippen LogP contribution in [0.5, 0.6) is 17.2 Å². The predicted molar refractivity (Wildman–Crippen MR) is 101 cm³/mol. The Morgan fingerprint density at radius 2 is 1.92 bits per heavy atom. The van der Waals surface area contributed by atoms with Crippen molar-refractivity contribution in [1.29, 1.82) is 0 Å². The molecule has 1 amide bonds. The van der Waals surface area contributed by atoms with Crippen molar-refractivity contribution in [1.82, 2.24) is 4.90 Å². The average Bonchev–Trinajstić information content (AvgIpc) is 2.64. The zero-order chi connectivity index (χ0) is 19.1. The lowest BCUT2D eigenvalue weighted by molar-refractivity contribution is 0.0772. The van der Waals surface area contributed by atoms with E-state index in [0.29, 0.717) is 34.7 Å². The molecular formula is C19H21BrFNO4. The summed E-state index contributed by atoms with van der Waals surface area (Å²) in [5, 5.41) is 0. The Morgan fingerprint density at radius 3 is 2.58 bits per heavy atom. The second-order valence-corrected chi connectivity index (χ2v) is 6.28. The first kappa shape index (κ1) is 20.0. The number of ether oxygens (including phenoxy) is 3. The molecule has 2 rings (SSSR count). The minimum Gasteiger partial charge on any atom is -0.493 e. The molecule has 0 saturated heterocycles. The number of halogens is 2. The van der Waals surface area contributed by atoms with Crippen LogP contribution >= 0.6 is 15.9 Å². The van der Waals surface area contributed by atoms with Gasteiger partial charge < -0.3 is 19.1 Å². The SMILES string of the molecule is CCOc1c(Br)cc(C(=O)N(C)CCOc2ccccc2F)cc1OC. The summed E-state index contributed by atoms with van der Waals surface area (Å²) >= 11 is 3.41. The topological polar surface area (TPSA) is 48.0 Å². The molecule has 0 heterocycles. The van der Waals surface area contributed by atoms with Crippen molar-refractivity contribution in [3.8, 4) is 17.2 Å². The van der Waals surface area contributed by atoms with Gasteiger partial charge >= 0.3 is 0 Å². The smallest absolute Gasteiger partial charge is 0.253 e. The van der Waals surface area contributed by atoms with Crippen LogP contribution in [0.4, 0.5) is 4.39 Å². The lowest BCUT2D eigenvalue weighted by Crippen LogP contribution is -2.31. The molecule has 0 saturated carbocycles. The van der Waals surface area contributed by atoms with E-state index in [1.54, 1.807) is 37.4 Å². The van der Waals surface area contributed by atoms with Crippen LogP contribution in [0.25, 0.3) is 0 Å². The minimum atomic E-state index is -0.429. The molecule has 0 spiro atoms. The molecule has 2 aromatic carbocycles. The van der Waals surface area contributed by atoms with Crippen molar-refractivity contribution in [3.63, 3.8) is 0 Å². The summed E-state index contributed by atoms with van der Waals surface area (Å²) in [7, 11) is 3.17. The Hall–Kier alpha value is -2.28. The monoisotopic (exact) mass is 425 g/mol. The van der Waals surface area contributed by atoms with Gasteiger partial charge in [-0.15, -0.1) is 0 Å². The molecule has 0 bridgehead atoms. The van der Waals surface area contributed by atoms with Gasteiger partial charge in [0.25, 0.3) is 5.91 Å². The maximum atomic E-state index is 13.5. The van der Waals surface area contributed by atoms with Crippen LogP contribution in [0, 0.1) is 5.82 Å². The zero-order valence-electron chi connectivity index (χ0n) is 14.9. The van der Waals surface area contributed by atoms with Crippen LogP contribution in [-0.4, -0.2) is 44.7 Å². The summed E-state index contributed by atoms with van der Waals surface area (Å²) < 4.78 is 30.4. The van der Waals surface area contributed by atoms with E-state index in [2.05, 4.69) is 15.9 Å². The van der Waals surface area contributed by atoms with E-state index in [1.165, 1.54) is 18.1 Å². The van der Waals surface area contributed by atoms with Gasteiger partial charge in [-0.1, -0.05) is 12.1 Å². The number of likely N-dealkylation sites (N-methyl/N-ethyl adjacent to an activating group) is 1. The largest absolute Gasteiger partial charge is 0.493 e. The highest BCUT2D eigenvalue weighted by molar-refractivity contribution is 9.10. The molecule has 0 aliphatic carbocycles. The molecule has 0 unspecified atom stereocenters. The lowest BCUT2D eigenvalue weighted by Gasteiger charge is -2.19. The minimum absolute atomic E-state index is 0.166. The van der Waals surface area contributed by atoms with Crippen molar-refractivity contribution in [2.45, 2.75) is 6.92 Å². The molecule has 0 radical (unpaired) electrons. The maximum Gasteiger partial charge on any atom is 0.253 e. The second-order valence-electron chi connectivity index (χ2n) is 5.43. The standard InChI is InChI=1S/C19H21BrFNO4/c1-4-25-18-14(20)11-13(12-17(18)24-3)19(23)22(2)9-10-26-16-8-6-5-7-15(16)21/h5-8,11-12H,4,9-10H2,1-3H3. The second kappa shape index (κ2) is 9.43. The van der Waals surface area contributed by atoms with Crippen LogP contribution in [0.1, 0.15) is 17.3 Å². The number of carbonyl (C=O) groups excluding carboxylic acids is 1. The van der Waals surface area contributed by atoms with E-state index >= 15 is 0 Å². The molecule has 0 N–H and O–H groups in total. The molecule has 0 aromatic heterocycles. The number of nitrogens with zero attached hydrogens (tertiary/aromatic N) is 1. The van der Waals surface area contributed by atoms with Gasteiger partial charge in [0.1, 0.15) is 6.61 Å². The predicted octanol–water partition coefficient (Wildman–Crippen LogP) is 4.15. The number of methoxy groups -OCH3 is 1. The highest BCUT2D eigenvalue weighted by Gasteiger charge is 2.18. The summed E-state index contributed by atoms with van der Waals surface area (Å²) in [6.07, 6.45) is 0. The fourth-order valence-electron chi connectivity index (χ4n) is 2.30. The Bertz CT molecular complexity index is 769. The summed E-state index contributed by atoms with van der Waals surface area (Å²) in [6.45, 7) is 2.84. The highest BCUT2D eigenvalue weighted by atomic mass is 79.9. The summed E-state index contributed by atoms with van der Waals surface area (Å²) in [6, 6.07) is 9.47. The molecule has 0 atom stereocenters. The number of hydrogen-bond acceptors (Lipinski definition) is 4. The Morgan fingerprint density at radius 1 is 1.19 bits per heavy atom. The van der Waals surface area contributed by atoms with Gasteiger partial charge in [-0.2, -0.15) is 0 Å². The third-order valence-corrected chi connectivity index (χ3v) is 4.22. The number of amides is 1. The third kappa shape index (κ3) is 4.88. The summed E-state index contributed by atoms with van der Waals surface area (Å²) in [4.78, 5) is 14.1. The van der Waals surface area contributed by atoms with Gasteiger partial charge in [-0.3, -0.25) is 4.79 Å². The fraction of sp³-hybridized carbons (Fsp3) is 0.316. The van der Waals surface area contributed by atoms with Crippen LogP contribution in [0.2, 0.25) is 0 Å². The number of rotatable bonds is 8. The average molecular weight is 426 g/mol. The van der Waals surface area contributed by atoms with Crippen molar-refractivity contribution in [2.24, 2.45) is 0 Å². The maximum absolute atomic E-state index is 13.5. The van der Waals surface area contributed by atoms with E-state index in [4.69, 9.17) is 14.2 Å². The molecule has 7 heteroatoms. The lowest BCUT2D eigenvalue weighted by atomic mass is 10.1. The Balaban J connectivity index is 2.03. The Labute approximate surface area is 160 Å². The van der Waals surface area contributed by atoms with E-state index in [9.17, 15) is 9.18 Å². The van der Waals surface area contributed by atoms with E-state index in [0.717, 1.165) is 0 Å². The van der Waals surface area contributed by atoms with Crippen LogP contribution in [0.3, 0.4) is 0 Å². The molecule has 140 valence electrons. The Kier molecular flexibility index (Phi) is 7.26. The molecule has 0 fully saturated rings.